The molecular weight excluding hydrogens is 428 g/mol. The van der Waals surface area contributed by atoms with Gasteiger partial charge in [-0.15, -0.1) is 0 Å². The van der Waals surface area contributed by atoms with Crippen LogP contribution in [0.15, 0.2) is 71.9 Å². The van der Waals surface area contributed by atoms with Crippen molar-refractivity contribution in [3.8, 4) is 5.75 Å². The number of carbonyl (C=O) groups is 1. The van der Waals surface area contributed by atoms with Crippen LogP contribution >= 0.6 is 0 Å². The lowest BCUT2D eigenvalue weighted by Gasteiger charge is -2.09. The number of sulfonamides is 1. The average molecular weight is 455 g/mol. The third-order valence-electron chi connectivity index (χ3n) is 4.52. The number of amides is 1. The summed E-state index contributed by atoms with van der Waals surface area (Å²) in [5, 5.41) is 2.76. The number of aryl methyl sites for hydroxylation is 1. The Bertz CT molecular complexity index is 1100. The Balaban J connectivity index is 1.43. The molecule has 0 atom stereocenters. The van der Waals surface area contributed by atoms with E-state index in [1.54, 1.807) is 6.07 Å². The van der Waals surface area contributed by atoms with Crippen LogP contribution in [0.5, 0.6) is 5.75 Å². The normalized spacial score (nSPS) is 11.0. The van der Waals surface area contributed by atoms with Crippen LogP contribution in [-0.2, 0) is 21.2 Å². The molecule has 0 saturated carbocycles. The van der Waals surface area contributed by atoms with Gasteiger partial charge in [-0.3, -0.25) is 4.79 Å². The largest absolute Gasteiger partial charge is 0.494 e. The molecule has 0 saturated heterocycles. The van der Waals surface area contributed by atoms with Gasteiger partial charge < -0.3 is 10.1 Å². The highest BCUT2D eigenvalue weighted by Crippen LogP contribution is 2.17. The van der Waals surface area contributed by atoms with Crippen LogP contribution in [0, 0.1) is 0 Å². The summed E-state index contributed by atoms with van der Waals surface area (Å²) < 4.78 is 32.7. The van der Waals surface area contributed by atoms with Crippen LogP contribution in [0.3, 0.4) is 0 Å². The van der Waals surface area contributed by atoms with Gasteiger partial charge in [-0.05, 0) is 60.9 Å². The number of rotatable bonds is 11. The number of benzene rings is 2. The van der Waals surface area contributed by atoms with Crippen molar-refractivity contribution < 1.29 is 17.9 Å². The fourth-order valence-electron chi connectivity index (χ4n) is 2.94. The van der Waals surface area contributed by atoms with E-state index in [2.05, 4.69) is 39.1 Å². The Morgan fingerprint density at radius 3 is 2.34 bits per heavy atom. The molecule has 32 heavy (non-hydrogen) atoms. The number of carbonyl (C=O) groups excluding carboxylic acids is 1. The SMILES string of the molecule is CCCc1ccc(OCCCC(=O)Nc2ccc(S(=O)(=O)Nc3ncccn3)cc2)cc1. The molecule has 0 fully saturated rings. The number of nitrogens with zero attached hydrogens (tertiary/aromatic N) is 2. The first kappa shape index (κ1) is 23.2. The number of aromatic nitrogens is 2. The first-order valence-corrected chi connectivity index (χ1v) is 11.9. The van der Waals surface area contributed by atoms with Gasteiger partial charge in [0.2, 0.25) is 11.9 Å². The van der Waals surface area contributed by atoms with Crippen molar-refractivity contribution in [1.82, 2.24) is 9.97 Å². The summed E-state index contributed by atoms with van der Waals surface area (Å²) in [7, 11) is -3.81. The maximum absolute atomic E-state index is 12.4. The smallest absolute Gasteiger partial charge is 0.264 e. The summed E-state index contributed by atoms with van der Waals surface area (Å²) >= 11 is 0. The lowest BCUT2D eigenvalue weighted by molar-refractivity contribution is -0.116. The fraction of sp³-hybridized carbons (Fsp3) is 0.261. The van der Waals surface area contributed by atoms with Gasteiger partial charge in [0.15, 0.2) is 0 Å². The van der Waals surface area contributed by atoms with Crippen molar-refractivity contribution in [3.05, 3.63) is 72.6 Å². The molecule has 0 aliphatic carbocycles. The molecular formula is C23H26N4O4S. The zero-order chi connectivity index (χ0) is 22.8. The Kier molecular flexibility index (Phi) is 8.15. The van der Waals surface area contributed by atoms with E-state index in [1.807, 2.05) is 12.1 Å². The topological polar surface area (TPSA) is 110 Å². The minimum atomic E-state index is -3.81. The molecule has 8 nitrogen and oxygen atoms in total. The number of hydrogen-bond acceptors (Lipinski definition) is 6. The molecule has 0 bridgehead atoms. The summed E-state index contributed by atoms with van der Waals surface area (Å²) in [5.74, 6) is 0.610. The Morgan fingerprint density at radius 1 is 1.00 bits per heavy atom. The molecule has 3 aromatic rings. The second-order valence-electron chi connectivity index (χ2n) is 7.10. The minimum Gasteiger partial charge on any atom is -0.494 e. The predicted octanol–water partition coefficient (Wildman–Crippen LogP) is 4.03. The molecule has 1 heterocycles. The van der Waals surface area contributed by atoms with Crippen molar-refractivity contribution in [1.29, 1.82) is 0 Å². The maximum atomic E-state index is 12.4. The number of ether oxygens (including phenoxy) is 1. The molecule has 0 unspecified atom stereocenters. The van der Waals surface area contributed by atoms with Crippen LogP contribution in [0.1, 0.15) is 31.7 Å². The van der Waals surface area contributed by atoms with Gasteiger partial charge in [-0.25, -0.2) is 23.1 Å². The van der Waals surface area contributed by atoms with E-state index in [0.29, 0.717) is 25.1 Å². The molecule has 0 aliphatic rings. The number of nitrogens with one attached hydrogen (secondary N) is 2. The molecule has 2 aromatic carbocycles. The van der Waals surface area contributed by atoms with Crippen LogP contribution in [-0.4, -0.2) is 30.9 Å². The van der Waals surface area contributed by atoms with E-state index in [9.17, 15) is 13.2 Å². The summed E-state index contributed by atoms with van der Waals surface area (Å²) in [6.07, 6.45) is 5.89. The molecule has 0 radical (unpaired) electrons. The highest BCUT2D eigenvalue weighted by atomic mass is 32.2. The van der Waals surface area contributed by atoms with Gasteiger partial charge in [0.05, 0.1) is 11.5 Å². The van der Waals surface area contributed by atoms with Gasteiger partial charge in [0.1, 0.15) is 5.75 Å². The van der Waals surface area contributed by atoms with Crippen molar-refractivity contribution >= 4 is 27.6 Å². The number of hydrogen-bond donors (Lipinski definition) is 2. The van der Waals surface area contributed by atoms with E-state index >= 15 is 0 Å². The highest BCUT2D eigenvalue weighted by Gasteiger charge is 2.15. The second kappa shape index (κ2) is 11.2. The molecule has 0 spiro atoms. The van der Waals surface area contributed by atoms with E-state index < -0.39 is 10.0 Å². The third-order valence-corrected chi connectivity index (χ3v) is 5.86. The van der Waals surface area contributed by atoms with Crippen molar-refractivity contribution in [2.75, 3.05) is 16.6 Å². The molecule has 0 aliphatic heterocycles. The van der Waals surface area contributed by atoms with E-state index in [-0.39, 0.29) is 16.8 Å². The van der Waals surface area contributed by atoms with Gasteiger partial charge in [-0.1, -0.05) is 25.5 Å². The minimum absolute atomic E-state index is 0.0102. The van der Waals surface area contributed by atoms with Crippen LogP contribution in [0.4, 0.5) is 11.6 Å². The summed E-state index contributed by atoms with van der Waals surface area (Å²) in [6, 6.07) is 15.5. The van der Waals surface area contributed by atoms with Gasteiger partial charge >= 0.3 is 0 Å². The predicted molar refractivity (Wildman–Crippen MR) is 123 cm³/mol. The second-order valence-corrected chi connectivity index (χ2v) is 8.78. The van der Waals surface area contributed by atoms with Gasteiger partial charge in [-0.2, -0.15) is 0 Å². The first-order valence-electron chi connectivity index (χ1n) is 10.4. The lowest BCUT2D eigenvalue weighted by atomic mass is 10.1. The Labute approximate surface area is 188 Å². The summed E-state index contributed by atoms with van der Waals surface area (Å²) in [5.41, 5.74) is 1.79. The maximum Gasteiger partial charge on any atom is 0.264 e. The Morgan fingerprint density at radius 2 is 1.69 bits per heavy atom. The molecule has 3 rings (SSSR count). The molecule has 9 heteroatoms. The third kappa shape index (κ3) is 7.05. The van der Waals surface area contributed by atoms with Crippen molar-refractivity contribution in [3.63, 3.8) is 0 Å². The van der Waals surface area contributed by atoms with Crippen LogP contribution in [0.25, 0.3) is 0 Å². The molecule has 1 amide bonds. The molecule has 168 valence electrons. The average Bonchev–Trinajstić information content (AvgIpc) is 2.79. The van der Waals surface area contributed by atoms with Crippen molar-refractivity contribution in [2.45, 2.75) is 37.5 Å². The monoisotopic (exact) mass is 454 g/mol. The van der Waals surface area contributed by atoms with Crippen molar-refractivity contribution in [2.24, 2.45) is 0 Å². The molecule has 1 aromatic heterocycles. The van der Waals surface area contributed by atoms with E-state index in [0.717, 1.165) is 18.6 Å². The van der Waals surface area contributed by atoms with Gasteiger partial charge in [0, 0.05) is 24.5 Å². The quantitative estimate of drug-likeness (QED) is 0.423. The standard InChI is InChI=1S/C23H26N4O4S/c1-2-5-18-7-11-20(12-8-18)31-17-3-6-22(28)26-19-9-13-21(14-10-19)32(29,30)27-23-24-15-4-16-25-23/h4,7-16H,2-3,5-6,17H2,1H3,(H,26,28)(H,24,25,27). The highest BCUT2D eigenvalue weighted by molar-refractivity contribution is 7.92. The van der Waals surface area contributed by atoms with E-state index in [1.165, 1.54) is 42.2 Å². The Hall–Kier alpha value is -3.46. The number of anilines is 2. The first-order chi connectivity index (χ1) is 15.5. The lowest BCUT2D eigenvalue weighted by Crippen LogP contribution is -2.15. The summed E-state index contributed by atoms with van der Waals surface area (Å²) in [4.78, 5) is 19.9. The van der Waals surface area contributed by atoms with E-state index in [4.69, 9.17) is 4.74 Å². The zero-order valence-electron chi connectivity index (χ0n) is 17.8. The summed E-state index contributed by atoms with van der Waals surface area (Å²) in [6.45, 7) is 2.58. The van der Waals surface area contributed by atoms with Crippen LogP contribution < -0.4 is 14.8 Å². The van der Waals surface area contributed by atoms with Crippen LogP contribution in [0.2, 0.25) is 0 Å². The van der Waals surface area contributed by atoms with Gasteiger partial charge in [0.25, 0.3) is 10.0 Å². The zero-order valence-corrected chi connectivity index (χ0v) is 18.6. The fourth-order valence-corrected chi connectivity index (χ4v) is 3.89. The molecule has 2 N–H and O–H groups in total.